The minimum Gasteiger partial charge on any atom is -0.209 e. The molecule has 0 amide bonds. The Morgan fingerprint density at radius 3 is 1.28 bits per heavy atom. The molecule has 0 aliphatic heterocycles. The minimum absolute atomic E-state index is 0.0363. The van der Waals surface area contributed by atoms with Gasteiger partial charge in [0.15, 0.2) is 17.5 Å². The van der Waals surface area contributed by atoms with Crippen LogP contribution in [0.5, 0.6) is 0 Å². The SMILES string of the molecule is CC1(C)c2ccccc2-c2ccc(-c3ccc(-c4nc(C5=CC=CCC5)nc(-c5ccc(-c6ccc7c(c6)C(C)(C)c6ccccc6-7)cc5)n4)cc3)cc21. The molecule has 0 atom stereocenters. The quantitative estimate of drug-likeness (QED) is 0.180. The summed E-state index contributed by atoms with van der Waals surface area (Å²) in [6.07, 6.45) is 8.34. The van der Waals surface area contributed by atoms with Gasteiger partial charge in [-0.05, 0) is 97.3 Å². The fraction of sp³-hybridized carbons (Fsp3) is 0.157. The lowest BCUT2D eigenvalue weighted by molar-refractivity contribution is 0.660. The van der Waals surface area contributed by atoms with Gasteiger partial charge >= 0.3 is 0 Å². The average molecular weight is 696 g/mol. The van der Waals surface area contributed by atoms with Crippen LogP contribution in [0.25, 0.3) is 72.9 Å². The lowest BCUT2D eigenvalue weighted by atomic mass is 9.81. The summed E-state index contributed by atoms with van der Waals surface area (Å²) in [6.45, 7) is 9.33. The number of hydrogen-bond acceptors (Lipinski definition) is 3. The Balaban J connectivity index is 0.980. The molecular formula is C51H41N3. The zero-order chi connectivity index (χ0) is 36.6. The summed E-state index contributed by atoms with van der Waals surface area (Å²) in [7, 11) is 0. The molecule has 7 aromatic rings. The summed E-state index contributed by atoms with van der Waals surface area (Å²) in [5, 5.41) is 0. The number of fused-ring (bicyclic) bond motifs is 6. The first kappa shape index (κ1) is 32.5. The molecule has 260 valence electrons. The second-order valence-electron chi connectivity index (χ2n) is 16.0. The summed E-state index contributed by atoms with van der Waals surface area (Å²) in [5.74, 6) is 2.12. The van der Waals surface area contributed by atoms with E-state index in [2.05, 4.69) is 179 Å². The highest BCUT2D eigenvalue weighted by molar-refractivity contribution is 5.85. The first-order valence-corrected chi connectivity index (χ1v) is 19.1. The zero-order valence-electron chi connectivity index (χ0n) is 31.2. The predicted molar refractivity (Wildman–Crippen MR) is 223 cm³/mol. The molecule has 0 N–H and O–H groups in total. The summed E-state index contributed by atoms with van der Waals surface area (Å²) in [5.41, 5.74) is 18.7. The van der Waals surface area contributed by atoms with Crippen molar-refractivity contribution in [1.29, 1.82) is 0 Å². The van der Waals surface area contributed by atoms with Crippen LogP contribution in [0.4, 0.5) is 0 Å². The molecule has 0 saturated heterocycles. The Kier molecular flexibility index (Phi) is 7.32. The molecule has 0 spiro atoms. The third-order valence-corrected chi connectivity index (χ3v) is 12.1. The van der Waals surface area contributed by atoms with E-state index in [0.29, 0.717) is 11.6 Å². The molecule has 0 fully saturated rings. The molecule has 3 aliphatic rings. The maximum absolute atomic E-state index is 5.08. The first-order valence-electron chi connectivity index (χ1n) is 19.1. The Labute approximate surface area is 317 Å². The Morgan fingerprint density at radius 2 is 0.815 bits per heavy atom. The number of aromatic nitrogens is 3. The summed E-state index contributed by atoms with van der Waals surface area (Å²) in [6, 6.07) is 48.8. The molecular weight excluding hydrogens is 655 g/mol. The lowest BCUT2D eigenvalue weighted by Crippen LogP contribution is -2.14. The number of rotatable bonds is 5. The van der Waals surface area contributed by atoms with Gasteiger partial charge in [-0.2, -0.15) is 0 Å². The van der Waals surface area contributed by atoms with Gasteiger partial charge in [-0.15, -0.1) is 0 Å². The van der Waals surface area contributed by atoms with Gasteiger partial charge in [0.1, 0.15) is 0 Å². The summed E-state index contributed by atoms with van der Waals surface area (Å²) in [4.78, 5) is 15.2. The highest BCUT2D eigenvalue weighted by Gasteiger charge is 2.36. The molecule has 0 unspecified atom stereocenters. The molecule has 3 aliphatic carbocycles. The normalized spacial score (nSPS) is 15.6. The van der Waals surface area contributed by atoms with Gasteiger partial charge in [-0.1, -0.05) is 167 Å². The van der Waals surface area contributed by atoms with E-state index in [-0.39, 0.29) is 10.8 Å². The van der Waals surface area contributed by atoms with E-state index >= 15 is 0 Å². The Bertz CT molecular complexity index is 2520. The van der Waals surface area contributed by atoms with Crippen molar-refractivity contribution in [1.82, 2.24) is 15.0 Å². The van der Waals surface area contributed by atoms with Crippen molar-refractivity contribution >= 4 is 5.57 Å². The van der Waals surface area contributed by atoms with Crippen LogP contribution >= 0.6 is 0 Å². The van der Waals surface area contributed by atoms with Crippen LogP contribution in [0.15, 0.2) is 152 Å². The second-order valence-corrected chi connectivity index (χ2v) is 16.0. The summed E-state index contributed by atoms with van der Waals surface area (Å²) < 4.78 is 0. The van der Waals surface area contributed by atoms with E-state index < -0.39 is 0 Å². The molecule has 1 aromatic heterocycles. The van der Waals surface area contributed by atoms with Crippen LogP contribution in [0.1, 0.15) is 68.6 Å². The maximum atomic E-state index is 5.08. The highest BCUT2D eigenvalue weighted by Crippen LogP contribution is 2.51. The molecule has 3 nitrogen and oxygen atoms in total. The molecule has 3 heteroatoms. The van der Waals surface area contributed by atoms with E-state index in [1.165, 1.54) is 66.8 Å². The van der Waals surface area contributed by atoms with E-state index in [1.54, 1.807) is 0 Å². The van der Waals surface area contributed by atoms with Gasteiger partial charge in [0.2, 0.25) is 0 Å². The van der Waals surface area contributed by atoms with Crippen molar-refractivity contribution in [2.45, 2.75) is 51.4 Å². The number of benzene rings is 6. The van der Waals surface area contributed by atoms with Crippen molar-refractivity contribution < 1.29 is 0 Å². The van der Waals surface area contributed by atoms with Gasteiger partial charge in [-0.25, -0.2) is 15.0 Å². The van der Waals surface area contributed by atoms with Gasteiger partial charge < -0.3 is 0 Å². The fourth-order valence-corrected chi connectivity index (χ4v) is 8.96. The second kappa shape index (κ2) is 12.2. The van der Waals surface area contributed by atoms with Crippen LogP contribution in [0, 0.1) is 0 Å². The predicted octanol–water partition coefficient (Wildman–Crippen LogP) is 12.9. The molecule has 54 heavy (non-hydrogen) atoms. The van der Waals surface area contributed by atoms with Crippen LogP contribution in [-0.4, -0.2) is 15.0 Å². The monoisotopic (exact) mass is 695 g/mol. The van der Waals surface area contributed by atoms with Crippen LogP contribution in [-0.2, 0) is 10.8 Å². The van der Waals surface area contributed by atoms with Crippen molar-refractivity contribution in [3.63, 3.8) is 0 Å². The fourth-order valence-electron chi connectivity index (χ4n) is 8.96. The van der Waals surface area contributed by atoms with Gasteiger partial charge in [0, 0.05) is 22.0 Å². The Hall–Kier alpha value is -6.19. The van der Waals surface area contributed by atoms with Crippen LogP contribution in [0.3, 0.4) is 0 Å². The van der Waals surface area contributed by atoms with Gasteiger partial charge in [0.25, 0.3) is 0 Å². The number of nitrogens with zero attached hydrogens (tertiary/aromatic N) is 3. The number of hydrogen-bond donors (Lipinski definition) is 0. The highest BCUT2D eigenvalue weighted by atomic mass is 15.0. The van der Waals surface area contributed by atoms with E-state index in [1.807, 2.05) is 0 Å². The van der Waals surface area contributed by atoms with Crippen molar-refractivity contribution in [2.24, 2.45) is 0 Å². The molecule has 0 radical (unpaired) electrons. The van der Waals surface area contributed by atoms with E-state index in [4.69, 9.17) is 15.0 Å². The molecule has 0 bridgehead atoms. The third-order valence-electron chi connectivity index (χ3n) is 12.1. The number of allylic oxidation sites excluding steroid dienone is 4. The molecule has 1 heterocycles. The molecule has 0 saturated carbocycles. The standard InChI is InChI=1S/C51H41N3/c1-50(2)43-16-10-8-14-39(43)41-28-26-37(30-45(41)50)32-18-22-35(23-19-32)48-52-47(34-12-6-5-7-13-34)53-49(54-48)36-24-20-33(21-25-36)38-27-29-42-40-15-9-11-17-44(40)51(3,4)46(42)31-38/h5-6,8-12,14-31H,7,13H2,1-4H3. The largest absolute Gasteiger partial charge is 0.209 e. The molecule has 10 rings (SSSR count). The zero-order valence-corrected chi connectivity index (χ0v) is 31.2. The van der Waals surface area contributed by atoms with Gasteiger partial charge in [0.05, 0.1) is 0 Å². The van der Waals surface area contributed by atoms with Crippen molar-refractivity contribution in [3.8, 4) is 67.3 Å². The lowest BCUT2D eigenvalue weighted by Gasteiger charge is -2.22. The van der Waals surface area contributed by atoms with Crippen LogP contribution in [0.2, 0.25) is 0 Å². The topological polar surface area (TPSA) is 38.7 Å². The van der Waals surface area contributed by atoms with Crippen molar-refractivity contribution in [2.75, 3.05) is 0 Å². The third kappa shape index (κ3) is 5.14. The van der Waals surface area contributed by atoms with Gasteiger partial charge in [-0.3, -0.25) is 0 Å². The average Bonchev–Trinajstić information content (AvgIpc) is 3.60. The van der Waals surface area contributed by atoms with E-state index in [0.717, 1.165) is 35.4 Å². The van der Waals surface area contributed by atoms with Crippen molar-refractivity contribution in [3.05, 3.63) is 180 Å². The first-order chi connectivity index (χ1) is 26.3. The Morgan fingerprint density at radius 1 is 0.407 bits per heavy atom. The van der Waals surface area contributed by atoms with E-state index in [9.17, 15) is 0 Å². The maximum Gasteiger partial charge on any atom is 0.164 e. The molecule has 6 aromatic carbocycles. The smallest absolute Gasteiger partial charge is 0.164 e. The minimum atomic E-state index is -0.0363. The summed E-state index contributed by atoms with van der Waals surface area (Å²) >= 11 is 0. The van der Waals surface area contributed by atoms with Crippen LogP contribution < -0.4 is 0 Å².